The summed E-state index contributed by atoms with van der Waals surface area (Å²) in [5.74, 6) is -7.20. The van der Waals surface area contributed by atoms with Gasteiger partial charge in [-0.3, -0.25) is 4.79 Å². The lowest BCUT2D eigenvalue weighted by Gasteiger charge is -2.25. The van der Waals surface area contributed by atoms with Crippen molar-refractivity contribution in [2.45, 2.75) is 19.4 Å². The molecule has 0 fully saturated rings. The zero-order valence-electron chi connectivity index (χ0n) is 10.8. The first-order chi connectivity index (χ1) is 9.16. The fourth-order valence-corrected chi connectivity index (χ4v) is 1.81. The quantitative estimate of drug-likeness (QED) is 0.659. The summed E-state index contributed by atoms with van der Waals surface area (Å²) in [6.45, 7) is 1.61. The fraction of sp³-hybridized carbons (Fsp3) is 0.333. The second-order valence-electron chi connectivity index (χ2n) is 4.32. The number of carbonyl (C=O) groups excluding carboxylic acids is 1. The number of thiocarbonyl (C=S) groups is 1. The van der Waals surface area contributed by atoms with Crippen LogP contribution in [-0.4, -0.2) is 34.0 Å². The maximum absolute atomic E-state index is 13.6. The summed E-state index contributed by atoms with van der Waals surface area (Å²) < 4.78 is 39.7. The van der Waals surface area contributed by atoms with Gasteiger partial charge in [-0.15, -0.1) is 0 Å². The molecule has 110 valence electrons. The van der Waals surface area contributed by atoms with Gasteiger partial charge in [-0.1, -0.05) is 12.2 Å². The van der Waals surface area contributed by atoms with Crippen LogP contribution in [0.15, 0.2) is 6.07 Å². The molecular formula is C12H13F3N2O2S. The van der Waals surface area contributed by atoms with Gasteiger partial charge in [0.2, 0.25) is 5.82 Å². The Hall–Kier alpha value is -1.83. The molecule has 0 aliphatic heterocycles. The lowest BCUT2D eigenvalue weighted by Crippen LogP contribution is -2.37. The van der Waals surface area contributed by atoms with E-state index in [0.717, 1.165) is 4.90 Å². The van der Waals surface area contributed by atoms with Crippen molar-refractivity contribution in [3.05, 3.63) is 29.1 Å². The molecule has 1 aromatic rings. The smallest absolute Gasteiger partial charge is 0.257 e. The third kappa shape index (κ3) is 3.19. The van der Waals surface area contributed by atoms with Crippen LogP contribution in [-0.2, 0) is 0 Å². The molecule has 8 heteroatoms. The standard InChI is InChI=1S/C12H13F3N2O2S/c1-5(3-8(16)20)17(2)12(19)6-4-7(13)10(15)11(18)9(6)14/h4-5,18H,3H2,1-2H3,(H2,16,20). The Bertz CT molecular complexity index is 566. The topological polar surface area (TPSA) is 66.6 Å². The normalized spacial score (nSPS) is 12.1. The third-order valence-corrected chi connectivity index (χ3v) is 3.01. The Morgan fingerprint density at radius 3 is 2.50 bits per heavy atom. The number of phenolic OH excluding ortho intramolecular Hbond substituents is 1. The van der Waals surface area contributed by atoms with E-state index in [1.807, 2.05) is 0 Å². The SMILES string of the molecule is CC(CC(N)=S)N(C)C(=O)c1cc(F)c(F)c(O)c1F. The van der Waals surface area contributed by atoms with Gasteiger partial charge in [0.1, 0.15) is 0 Å². The van der Waals surface area contributed by atoms with Gasteiger partial charge in [0.25, 0.3) is 5.91 Å². The number of halogens is 3. The highest BCUT2D eigenvalue weighted by Gasteiger charge is 2.26. The lowest BCUT2D eigenvalue weighted by molar-refractivity contribution is 0.0741. The molecule has 0 radical (unpaired) electrons. The van der Waals surface area contributed by atoms with Gasteiger partial charge in [-0.25, -0.2) is 8.78 Å². The average Bonchev–Trinajstić information content (AvgIpc) is 2.38. The van der Waals surface area contributed by atoms with Crippen molar-refractivity contribution in [1.82, 2.24) is 4.90 Å². The van der Waals surface area contributed by atoms with E-state index in [0.29, 0.717) is 6.07 Å². The molecule has 0 bridgehead atoms. The zero-order valence-corrected chi connectivity index (χ0v) is 11.6. The minimum absolute atomic E-state index is 0.158. The first-order valence-corrected chi connectivity index (χ1v) is 5.99. The second kappa shape index (κ2) is 6.08. The third-order valence-electron chi connectivity index (χ3n) is 2.84. The molecule has 3 N–H and O–H groups in total. The van der Waals surface area contributed by atoms with Gasteiger partial charge in [0.15, 0.2) is 17.4 Å². The Kier molecular flexibility index (Phi) is 4.93. The summed E-state index contributed by atoms with van der Waals surface area (Å²) in [5, 5.41) is 9.08. The van der Waals surface area contributed by atoms with Crippen LogP contribution in [0.5, 0.6) is 5.75 Å². The molecule has 0 heterocycles. The molecule has 4 nitrogen and oxygen atoms in total. The molecular weight excluding hydrogens is 293 g/mol. The molecule has 0 spiro atoms. The van der Waals surface area contributed by atoms with Crippen LogP contribution in [0.4, 0.5) is 13.2 Å². The van der Waals surface area contributed by atoms with Crippen LogP contribution in [0.1, 0.15) is 23.7 Å². The molecule has 0 saturated heterocycles. The monoisotopic (exact) mass is 306 g/mol. The minimum atomic E-state index is -1.74. The van der Waals surface area contributed by atoms with E-state index < -0.39 is 40.7 Å². The molecule has 1 aromatic carbocycles. The summed E-state index contributed by atoms with van der Waals surface area (Å²) in [4.78, 5) is 13.2. The van der Waals surface area contributed by atoms with E-state index in [1.165, 1.54) is 7.05 Å². The van der Waals surface area contributed by atoms with E-state index >= 15 is 0 Å². The van der Waals surface area contributed by atoms with Crippen LogP contribution in [0.2, 0.25) is 0 Å². The van der Waals surface area contributed by atoms with Crippen molar-refractivity contribution in [2.75, 3.05) is 7.05 Å². The Morgan fingerprint density at radius 1 is 1.45 bits per heavy atom. The first-order valence-electron chi connectivity index (χ1n) is 5.58. The van der Waals surface area contributed by atoms with Gasteiger partial charge >= 0.3 is 0 Å². The second-order valence-corrected chi connectivity index (χ2v) is 4.84. The maximum atomic E-state index is 13.6. The average molecular weight is 306 g/mol. The summed E-state index contributed by atoms with van der Waals surface area (Å²) in [6, 6.07) is -0.0638. The molecule has 0 aliphatic rings. The van der Waals surface area contributed by atoms with E-state index in [1.54, 1.807) is 6.92 Å². The van der Waals surface area contributed by atoms with Gasteiger partial charge < -0.3 is 15.7 Å². The number of hydrogen-bond acceptors (Lipinski definition) is 3. The molecule has 0 aliphatic carbocycles. The first kappa shape index (κ1) is 16.2. The van der Waals surface area contributed by atoms with E-state index in [4.69, 9.17) is 23.1 Å². The minimum Gasteiger partial charge on any atom is -0.503 e. The summed E-state index contributed by atoms with van der Waals surface area (Å²) >= 11 is 4.69. The molecule has 1 amide bonds. The molecule has 1 rings (SSSR count). The number of amides is 1. The number of nitrogens with two attached hydrogens (primary N) is 1. The molecule has 0 aromatic heterocycles. The fourth-order valence-electron chi connectivity index (χ4n) is 1.56. The lowest BCUT2D eigenvalue weighted by atomic mass is 10.1. The summed E-state index contributed by atoms with van der Waals surface area (Å²) in [7, 11) is 1.34. The van der Waals surface area contributed by atoms with Crippen molar-refractivity contribution < 1.29 is 23.1 Å². The maximum Gasteiger partial charge on any atom is 0.257 e. The number of benzene rings is 1. The van der Waals surface area contributed by atoms with Gasteiger partial charge in [-0.05, 0) is 13.0 Å². The van der Waals surface area contributed by atoms with Crippen LogP contribution < -0.4 is 5.73 Å². The van der Waals surface area contributed by atoms with Crippen LogP contribution >= 0.6 is 12.2 Å². The molecule has 0 saturated carbocycles. The number of nitrogens with zero attached hydrogens (tertiary/aromatic N) is 1. The number of carbonyl (C=O) groups is 1. The van der Waals surface area contributed by atoms with Gasteiger partial charge in [0.05, 0.1) is 10.6 Å². The Morgan fingerprint density at radius 2 is 2.00 bits per heavy atom. The van der Waals surface area contributed by atoms with Crippen molar-refractivity contribution in [3.8, 4) is 5.75 Å². The number of phenols is 1. The van der Waals surface area contributed by atoms with Crippen molar-refractivity contribution >= 4 is 23.1 Å². The highest BCUT2D eigenvalue weighted by molar-refractivity contribution is 7.80. The highest BCUT2D eigenvalue weighted by Crippen LogP contribution is 2.26. The van der Waals surface area contributed by atoms with E-state index in [-0.39, 0.29) is 11.4 Å². The Balaban J connectivity index is 3.12. The van der Waals surface area contributed by atoms with Crippen LogP contribution in [0.3, 0.4) is 0 Å². The number of aromatic hydroxyl groups is 1. The van der Waals surface area contributed by atoms with Crippen LogP contribution in [0.25, 0.3) is 0 Å². The molecule has 1 unspecified atom stereocenters. The molecule has 1 atom stereocenters. The Labute approximate surface area is 119 Å². The van der Waals surface area contributed by atoms with Crippen molar-refractivity contribution in [3.63, 3.8) is 0 Å². The predicted molar refractivity (Wildman–Crippen MR) is 70.9 cm³/mol. The van der Waals surface area contributed by atoms with Gasteiger partial charge in [0, 0.05) is 19.5 Å². The van der Waals surface area contributed by atoms with Crippen molar-refractivity contribution in [1.29, 1.82) is 0 Å². The van der Waals surface area contributed by atoms with Gasteiger partial charge in [-0.2, -0.15) is 4.39 Å². The zero-order chi connectivity index (χ0) is 15.6. The number of rotatable bonds is 4. The summed E-state index contributed by atoms with van der Waals surface area (Å²) in [5.41, 5.74) is 4.57. The van der Waals surface area contributed by atoms with E-state index in [2.05, 4.69) is 0 Å². The predicted octanol–water partition coefficient (Wildman–Crippen LogP) is 1.95. The van der Waals surface area contributed by atoms with Crippen LogP contribution in [0, 0.1) is 17.5 Å². The summed E-state index contributed by atoms with van der Waals surface area (Å²) in [6.07, 6.45) is 0.189. The highest BCUT2D eigenvalue weighted by atomic mass is 32.1. The van der Waals surface area contributed by atoms with E-state index in [9.17, 15) is 18.0 Å². The number of hydrogen-bond donors (Lipinski definition) is 2. The molecule has 20 heavy (non-hydrogen) atoms. The van der Waals surface area contributed by atoms with Crippen molar-refractivity contribution in [2.24, 2.45) is 5.73 Å². The largest absolute Gasteiger partial charge is 0.503 e.